The molecule has 0 saturated carbocycles. The van der Waals surface area contributed by atoms with E-state index in [1.54, 1.807) is 11.3 Å². The van der Waals surface area contributed by atoms with Gasteiger partial charge < -0.3 is 5.32 Å². The third kappa shape index (κ3) is 3.93. The summed E-state index contributed by atoms with van der Waals surface area (Å²) in [6, 6.07) is 4.29. The summed E-state index contributed by atoms with van der Waals surface area (Å²) < 4.78 is 4.44. The summed E-state index contributed by atoms with van der Waals surface area (Å²) in [4.78, 5) is 1.40. The van der Waals surface area contributed by atoms with E-state index in [4.69, 9.17) is 0 Å². The molecule has 0 aliphatic rings. The summed E-state index contributed by atoms with van der Waals surface area (Å²) >= 11 is 8.98. The Morgan fingerprint density at radius 2 is 2.10 bits per heavy atom. The molecule has 0 aliphatic carbocycles. The molecule has 0 amide bonds. The number of nitrogens with one attached hydrogen (secondary N) is 1. The van der Waals surface area contributed by atoms with Crippen LogP contribution in [0.3, 0.4) is 0 Å². The van der Waals surface area contributed by atoms with Crippen LogP contribution in [0.2, 0.25) is 0 Å². The second kappa shape index (κ2) is 7.73. The van der Waals surface area contributed by atoms with Gasteiger partial charge in [-0.25, -0.2) is 0 Å². The molecule has 0 bridgehead atoms. The van der Waals surface area contributed by atoms with Gasteiger partial charge in [-0.3, -0.25) is 4.68 Å². The standard InChI is InChI=1S/C14H19Br2N3S/c1-3-11-14(16)12(19(4-2)18-11)9-17-8-7-10-5-6-13(15)20-10/h5-6,17H,3-4,7-9H2,1-2H3. The van der Waals surface area contributed by atoms with Gasteiger partial charge in [-0.05, 0) is 63.8 Å². The van der Waals surface area contributed by atoms with Crippen molar-refractivity contribution in [1.82, 2.24) is 15.1 Å². The minimum absolute atomic E-state index is 0.855. The summed E-state index contributed by atoms with van der Waals surface area (Å²) in [5, 5.41) is 8.13. The maximum Gasteiger partial charge on any atom is 0.0767 e. The Balaban J connectivity index is 1.89. The van der Waals surface area contributed by atoms with E-state index in [2.05, 4.69) is 72.9 Å². The first kappa shape index (κ1) is 16.2. The molecule has 0 spiro atoms. The molecule has 2 heterocycles. The van der Waals surface area contributed by atoms with Crippen LogP contribution in [-0.4, -0.2) is 16.3 Å². The predicted octanol–water partition coefficient (Wildman–Crippen LogP) is 4.38. The highest BCUT2D eigenvalue weighted by molar-refractivity contribution is 9.11. The summed E-state index contributed by atoms with van der Waals surface area (Å²) in [5.41, 5.74) is 2.39. The van der Waals surface area contributed by atoms with Crippen molar-refractivity contribution < 1.29 is 0 Å². The van der Waals surface area contributed by atoms with Crippen molar-refractivity contribution in [2.45, 2.75) is 39.8 Å². The number of aromatic nitrogens is 2. The number of nitrogens with zero attached hydrogens (tertiary/aromatic N) is 2. The van der Waals surface area contributed by atoms with Crippen molar-refractivity contribution in [1.29, 1.82) is 0 Å². The van der Waals surface area contributed by atoms with E-state index in [1.165, 1.54) is 14.4 Å². The fraction of sp³-hybridized carbons (Fsp3) is 0.500. The highest BCUT2D eigenvalue weighted by atomic mass is 79.9. The fourth-order valence-electron chi connectivity index (χ4n) is 2.09. The summed E-state index contributed by atoms with van der Waals surface area (Å²) in [6.45, 7) is 7.02. The first-order chi connectivity index (χ1) is 9.65. The molecule has 0 unspecified atom stereocenters. The molecule has 2 aromatic rings. The van der Waals surface area contributed by atoms with Gasteiger partial charge >= 0.3 is 0 Å². The predicted molar refractivity (Wildman–Crippen MR) is 92.4 cm³/mol. The first-order valence-electron chi connectivity index (χ1n) is 6.84. The van der Waals surface area contributed by atoms with E-state index in [9.17, 15) is 0 Å². The number of hydrogen-bond donors (Lipinski definition) is 1. The highest BCUT2D eigenvalue weighted by Crippen LogP contribution is 2.23. The SMILES string of the molecule is CCc1nn(CC)c(CNCCc2ccc(Br)s2)c1Br. The van der Waals surface area contributed by atoms with Crippen LogP contribution in [0, 0.1) is 0 Å². The molecule has 6 heteroatoms. The van der Waals surface area contributed by atoms with Gasteiger partial charge in [0.1, 0.15) is 0 Å². The molecule has 0 fully saturated rings. The zero-order chi connectivity index (χ0) is 14.5. The van der Waals surface area contributed by atoms with Gasteiger partial charge in [0, 0.05) is 24.5 Å². The zero-order valence-electron chi connectivity index (χ0n) is 11.7. The molecule has 20 heavy (non-hydrogen) atoms. The van der Waals surface area contributed by atoms with Crippen LogP contribution in [0.5, 0.6) is 0 Å². The topological polar surface area (TPSA) is 29.9 Å². The molecule has 0 aliphatic heterocycles. The lowest BCUT2D eigenvalue weighted by Crippen LogP contribution is -2.19. The smallest absolute Gasteiger partial charge is 0.0767 e. The van der Waals surface area contributed by atoms with Gasteiger partial charge in [0.15, 0.2) is 0 Å². The second-order valence-electron chi connectivity index (χ2n) is 4.51. The molecule has 2 aromatic heterocycles. The van der Waals surface area contributed by atoms with Gasteiger partial charge in [-0.15, -0.1) is 11.3 Å². The van der Waals surface area contributed by atoms with Crippen LogP contribution in [0.15, 0.2) is 20.4 Å². The molecule has 1 N–H and O–H groups in total. The lowest BCUT2D eigenvalue weighted by Gasteiger charge is -2.07. The van der Waals surface area contributed by atoms with Crippen molar-refractivity contribution in [3.8, 4) is 0 Å². The lowest BCUT2D eigenvalue weighted by molar-refractivity contribution is 0.578. The molecule has 3 nitrogen and oxygen atoms in total. The monoisotopic (exact) mass is 419 g/mol. The average Bonchev–Trinajstić information content (AvgIpc) is 2.99. The third-order valence-electron chi connectivity index (χ3n) is 3.16. The molecule has 110 valence electrons. The zero-order valence-corrected chi connectivity index (χ0v) is 15.7. The maximum absolute atomic E-state index is 4.61. The van der Waals surface area contributed by atoms with Gasteiger partial charge in [0.2, 0.25) is 0 Å². The Bertz CT molecular complexity index is 563. The van der Waals surface area contributed by atoms with E-state index in [0.717, 1.165) is 42.6 Å². The van der Waals surface area contributed by atoms with E-state index in [1.807, 2.05) is 0 Å². The number of hydrogen-bond acceptors (Lipinski definition) is 3. The first-order valence-corrected chi connectivity index (χ1v) is 9.24. The molecular formula is C14H19Br2N3S. The van der Waals surface area contributed by atoms with Gasteiger partial charge in [-0.1, -0.05) is 6.92 Å². The molecule has 0 saturated heterocycles. The average molecular weight is 421 g/mol. The summed E-state index contributed by atoms with van der Waals surface area (Å²) in [6.07, 6.45) is 2.03. The fourth-order valence-corrected chi connectivity index (χ4v) is 4.28. The van der Waals surface area contributed by atoms with Crippen LogP contribution in [0.25, 0.3) is 0 Å². The van der Waals surface area contributed by atoms with Crippen LogP contribution in [0.1, 0.15) is 30.1 Å². The highest BCUT2D eigenvalue weighted by Gasteiger charge is 2.13. The Kier molecular flexibility index (Phi) is 6.26. The van der Waals surface area contributed by atoms with Gasteiger partial charge in [0.05, 0.1) is 19.6 Å². The Morgan fingerprint density at radius 3 is 2.70 bits per heavy atom. The Labute approximate surface area is 141 Å². The van der Waals surface area contributed by atoms with Crippen molar-refractivity contribution >= 4 is 43.2 Å². The minimum Gasteiger partial charge on any atom is -0.311 e. The maximum atomic E-state index is 4.61. The molecule has 0 radical (unpaired) electrons. The van der Waals surface area contributed by atoms with Crippen molar-refractivity contribution in [3.05, 3.63) is 36.7 Å². The van der Waals surface area contributed by atoms with Crippen molar-refractivity contribution in [3.63, 3.8) is 0 Å². The molecule has 2 rings (SSSR count). The summed E-state index contributed by atoms with van der Waals surface area (Å²) in [7, 11) is 0. The number of aryl methyl sites for hydroxylation is 2. The minimum atomic E-state index is 0.855. The van der Waals surface area contributed by atoms with E-state index in [0.29, 0.717) is 0 Å². The van der Waals surface area contributed by atoms with Gasteiger partial charge in [0.25, 0.3) is 0 Å². The van der Waals surface area contributed by atoms with E-state index >= 15 is 0 Å². The Hall–Kier alpha value is -0.170. The summed E-state index contributed by atoms with van der Waals surface area (Å²) in [5.74, 6) is 0. The van der Waals surface area contributed by atoms with E-state index < -0.39 is 0 Å². The van der Waals surface area contributed by atoms with Crippen LogP contribution >= 0.6 is 43.2 Å². The normalized spacial score (nSPS) is 11.2. The quantitative estimate of drug-likeness (QED) is 0.673. The molecule has 0 atom stereocenters. The van der Waals surface area contributed by atoms with E-state index in [-0.39, 0.29) is 0 Å². The number of halogens is 2. The van der Waals surface area contributed by atoms with Crippen molar-refractivity contribution in [2.75, 3.05) is 6.54 Å². The Morgan fingerprint density at radius 1 is 1.30 bits per heavy atom. The van der Waals surface area contributed by atoms with Crippen molar-refractivity contribution in [2.24, 2.45) is 0 Å². The largest absolute Gasteiger partial charge is 0.311 e. The third-order valence-corrected chi connectivity index (χ3v) is 5.76. The number of rotatable bonds is 7. The number of thiophene rings is 1. The molecule has 0 aromatic carbocycles. The van der Waals surface area contributed by atoms with Crippen LogP contribution in [-0.2, 0) is 25.9 Å². The van der Waals surface area contributed by atoms with Crippen LogP contribution in [0.4, 0.5) is 0 Å². The van der Waals surface area contributed by atoms with Gasteiger partial charge in [-0.2, -0.15) is 5.10 Å². The second-order valence-corrected chi connectivity index (χ2v) is 7.85. The lowest BCUT2D eigenvalue weighted by atomic mass is 10.3. The van der Waals surface area contributed by atoms with Crippen LogP contribution < -0.4 is 5.32 Å². The molecular weight excluding hydrogens is 402 g/mol.